The third-order valence-electron chi connectivity index (χ3n) is 3.87. The highest BCUT2D eigenvalue weighted by molar-refractivity contribution is 6.17. The third kappa shape index (κ3) is 2.40. The molecule has 3 rings (SSSR count). The second kappa shape index (κ2) is 5.44. The van der Waals surface area contributed by atoms with E-state index in [0.29, 0.717) is 12.3 Å². The number of halogens is 1. The Bertz CT molecular complexity index is 650. The van der Waals surface area contributed by atoms with Crippen molar-refractivity contribution in [1.29, 1.82) is 0 Å². The van der Waals surface area contributed by atoms with Gasteiger partial charge in [-0.2, -0.15) is 0 Å². The van der Waals surface area contributed by atoms with Gasteiger partial charge in [-0.25, -0.2) is 4.98 Å². The highest BCUT2D eigenvalue weighted by Crippen LogP contribution is 2.22. The van der Waals surface area contributed by atoms with Crippen LogP contribution in [0.4, 0.5) is 0 Å². The van der Waals surface area contributed by atoms with Gasteiger partial charge < -0.3 is 9.88 Å². The third-order valence-corrected chi connectivity index (χ3v) is 4.05. The Kier molecular flexibility index (Phi) is 3.66. The van der Waals surface area contributed by atoms with Crippen LogP contribution in [0.2, 0.25) is 0 Å². The lowest BCUT2D eigenvalue weighted by Gasteiger charge is -2.14. The number of carbonyl (C=O) groups excluding carboxylic acids is 1. The smallest absolute Gasteiger partial charge is 0.220 e. The topological polar surface area (TPSA) is 46.9 Å². The SMILES string of the molecule is Cc1cccc2c1nc(CCCl)n2CC1CCC(=O)N1. The molecule has 1 aliphatic rings. The summed E-state index contributed by atoms with van der Waals surface area (Å²) < 4.78 is 2.21. The number of amides is 1. The van der Waals surface area contributed by atoms with E-state index >= 15 is 0 Å². The number of para-hydroxylation sites is 1. The number of imidazole rings is 1. The van der Waals surface area contributed by atoms with Crippen molar-refractivity contribution in [2.45, 2.75) is 38.8 Å². The number of fused-ring (bicyclic) bond motifs is 1. The fraction of sp³-hybridized carbons (Fsp3) is 0.467. The summed E-state index contributed by atoms with van der Waals surface area (Å²) in [4.78, 5) is 16.1. The van der Waals surface area contributed by atoms with Crippen LogP contribution in [0.15, 0.2) is 18.2 Å². The summed E-state index contributed by atoms with van der Waals surface area (Å²) in [5.74, 6) is 1.71. The summed E-state index contributed by atoms with van der Waals surface area (Å²) in [5.41, 5.74) is 3.34. The number of rotatable bonds is 4. The minimum absolute atomic E-state index is 0.148. The largest absolute Gasteiger partial charge is 0.352 e. The fourth-order valence-electron chi connectivity index (χ4n) is 2.85. The minimum atomic E-state index is 0.148. The molecule has 2 aromatic rings. The molecule has 1 aromatic carbocycles. The van der Waals surface area contributed by atoms with Crippen LogP contribution in [0, 0.1) is 6.92 Å². The normalized spacial score (nSPS) is 18.7. The zero-order valence-corrected chi connectivity index (χ0v) is 12.3. The standard InChI is InChI=1S/C15H18ClN3O/c1-10-3-2-4-12-15(10)18-13(7-8-16)19(12)9-11-5-6-14(20)17-11/h2-4,11H,5-9H2,1H3,(H,17,20). The molecule has 0 radical (unpaired) electrons. The summed E-state index contributed by atoms with van der Waals surface area (Å²) in [5, 5.41) is 3.02. The monoisotopic (exact) mass is 291 g/mol. The molecule has 0 spiro atoms. The Morgan fingerprint density at radius 3 is 3.05 bits per heavy atom. The average Bonchev–Trinajstić information content (AvgIpc) is 2.97. The summed E-state index contributed by atoms with van der Waals surface area (Å²) in [6.45, 7) is 2.85. The maximum atomic E-state index is 11.4. The molecule has 0 bridgehead atoms. The van der Waals surface area contributed by atoms with E-state index in [9.17, 15) is 4.79 Å². The molecule has 20 heavy (non-hydrogen) atoms. The Balaban J connectivity index is 2.00. The van der Waals surface area contributed by atoms with E-state index in [1.807, 2.05) is 6.07 Å². The van der Waals surface area contributed by atoms with Gasteiger partial charge in [0.05, 0.1) is 11.0 Å². The van der Waals surface area contributed by atoms with Gasteiger partial charge in [0.1, 0.15) is 5.82 Å². The molecule has 1 saturated heterocycles. The number of hydrogen-bond donors (Lipinski definition) is 1. The van der Waals surface area contributed by atoms with Crippen molar-refractivity contribution in [2.24, 2.45) is 0 Å². The molecule has 4 nitrogen and oxygen atoms in total. The van der Waals surface area contributed by atoms with Gasteiger partial charge >= 0.3 is 0 Å². The maximum absolute atomic E-state index is 11.4. The van der Waals surface area contributed by atoms with Gasteiger partial charge in [-0.3, -0.25) is 4.79 Å². The molecule has 1 fully saturated rings. The van der Waals surface area contributed by atoms with Crippen LogP contribution in [0.5, 0.6) is 0 Å². The van der Waals surface area contributed by atoms with Crippen molar-refractivity contribution in [3.05, 3.63) is 29.6 Å². The first kappa shape index (κ1) is 13.4. The van der Waals surface area contributed by atoms with Gasteiger partial charge in [-0.15, -0.1) is 11.6 Å². The molecule has 106 valence electrons. The Hall–Kier alpha value is -1.55. The molecule has 1 atom stereocenters. The summed E-state index contributed by atoms with van der Waals surface area (Å²) >= 11 is 5.89. The van der Waals surface area contributed by atoms with E-state index in [2.05, 4.69) is 28.9 Å². The number of aryl methyl sites for hydroxylation is 2. The molecule has 2 heterocycles. The van der Waals surface area contributed by atoms with Crippen LogP contribution >= 0.6 is 11.6 Å². The Labute approximate surface area is 123 Å². The minimum Gasteiger partial charge on any atom is -0.352 e. The molecule has 1 aliphatic heterocycles. The summed E-state index contributed by atoms with van der Waals surface area (Å²) in [6.07, 6.45) is 2.27. The molecule has 1 amide bonds. The predicted molar refractivity (Wildman–Crippen MR) is 80.1 cm³/mol. The van der Waals surface area contributed by atoms with E-state index in [0.717, 1.165) is 36.2 Å². The van der Waals surface area contributed by atoms with Gasteiger partial charge in [0, 0.05) is 31.3 Å². The lowest BCUT2D eigenvalue weighted by molar-refractivity contribution is -0.119. The van der Waals surface area contributed by atoms with E-state index in [-0.39, 0.29) is 11.9 Å². The number of benzene rings is 1. The summed E-state index contributed by atoms with van der Waals surface area (Å²) in [6, 6.07) is 6.41. The van der Waals surface area contributed by atoms with Crippen molar-refractivity contribution in [3.8, 4) is 0 Å². The fourth-order valence-corrected chi connectivity index (χ4v) is 3.02. The van der Waals surface area contributed by atoms with Crippen LogP contribution in [0.25, 0.3) is 11.0 Å². The van der Waals surface area contributed by atoms with Crippen molar-refractivity contribution >= 4 is 28.5 Å². The van der Waals surface area contributed by atoms with E-state index in [4.69, 9.17) is 16.6 Å². The molecule has 1 unspecified atom stereocenters. The van der Waals surface area contributed by atoms with E-state index in [1.165, 1.54) is 5.56 Å². The van der Waals surface area contributed by atoms with E-state index < -0.39 is 0 Å². The van der Waals surface area contributed by atoms with Crippen molar-refractivity contribution < 1.29 is 4.79 Å². The molecule has 0 saturated carbocycles. The van der Waals surface area contributed by atoms with Crippen molar-refractivity contribution in [1.82, 2.24) is 14.9 Å². The van der Waals surface area contributed by atoms with Crippen LogP contribution in [0.1, 0.15) is 24.2 Å². The zero-order chi connectivity index (χ0) is 14.1. The first-order valence-electron chi connectivity index (χ1n) is 6.99. The Morgan fingerprint density at radius 1 is 1.50 bits per heavy atom. The summed E-state index contributed by atoms with van der Waals surface area (Å²) in [7, 11) is 0. The second-order valence-corrected chi connectivity index (χ2v) is 5.70. The second-order valence-electron chi connectivity index (χ2n) is 5.32. The highest BCUT2D eigenvalue weighted by atomic mass is 35.5. The number of alkyl halides is 1. The van der Waals surface area contributed by atoms with Gasteiger partial charge in [0.2, 0.25) is 5.91 Å². The van der Waals surface area contributed by atoms with Crippen LogP contribution in [-0.4, -0.2) is 27.4 Å². The van der Waals surface area contributed by atoms with Gasteiger partial charge in [0.25, 0.3) is 0 Å². The lowest BCUT2D eigenvalue weighted by Crippen LogP contribution is -2.30. The van der Waals surface area contributed by atoms with Gasteiger partial charge in [-0.1, -0.05) is 12.1 Å². The number of aromatic nitrogens is 2. The zero-order valence-electron chi connectivity index (χ0n) is 11.5. The highest BCUT2D eigenvalue weighted by Gasteiger charge is 2.23. The molecule has 1 aromatic heterocycles. The molecule has 5 heteroatoms. The van der Waals surface area contributed by atoms with Crippen LogP contribution in [0.3, 0.4) is 0 Å². The number of carbonyl (C=O) groups is 1. The molecule has 0 aliphatic carbocycles. The molecular formula is C15H18ClN3O. The lowest BCUT2D eigenvalue weighted by atomic mass is 10.2. The van der Waals surface area contributed by atoms with Crippen molar-refractivity contribution in [3.63, 3.8) is 0 Å². The quantitative estimate of drug-likeness (QED) is 0.879. The molecule has 1 N–H and O–H groups in total. The van der Waals surface area contributed by atoms with Gasteiger partial charge in [-0.05, 0) is 25.0 Å². The number of nitrogens with one attached hydrogen (secondary N) is 1. The Morgan fingerprint density at radius 2 is 2.35 bits per heavy atom. The van der Waals surface area contributed by atoms with E-state index in [1.54, 1.807) is 0 Å². The van der Waals surface area contributed by atoms with Crippen LogP contribution in [-0.2, 0) is 17.8 Å². The first-order valence-corrected chi connectivity index (χ1v) is 7.52. The average molecular weight is 292 g/mol. The van der Waals surface area contributed by atoms with Crippen LogP contribution < -0.4 is 5.32 Å². The molecular weight excluding hydrogens is 274 g/mol. The predicted octanol–water partition coefficient (Wildman–Crippen LogP) is 2.40. The maximum Gasteiger partial charge on any atom is 0.220 e. The van der Waals surface area contributed by atoms with Gasteiger partial charge in [0.15, 0.2) is 0 Å². The number of hydrogen-bond acceptors (Lipinski definition) is 2. The first-order chi connectivity index (χ1) is 9.69. The van der Waals surface area contributed by atoms with Crippen molar-refractivity contribution in [2.75, 3.05) is 5.88 Å². The number of nitrogens with zero attached hydrogens (tertiary/aromatic N) is 2.